The van der Waals surface area contributed by atoms with E-state index in [0.717, 1.165) is 11.3 Å². The Bertz CT molecular complexity index is 1060. The Morgan fingerprint density at radius 3 is 2.69 bits per heavy atom. The van der Waals surface area contributed by atoms with Gasteiger partial charge in [-0.1, -0.05) is 30.3 Å². The van der Waals surface area contributed by atoms with E-state index in [-0.39, 0.29) is 11.6 Å². The average Bonchev–Trinajstić information content (AvgIpc) is 3.22. The highest BCUT2D eigenvalue weighted by Crippen LogP contribution is 2.37. The second kappa shape index (κ2) is 6.00. The summed E-state index contributed by atoms with van der Waals surface area (Å²) in [5.41, 5.74) is 2.88. The SMILES string of the molecule is CN1C(=O)C(=Cc2ccc(-c3cccc([N+](=O)[O-])c3)o2)c2ccccc21. The van der Waals surface area contributed by atoms with E-state index in [9.17, 15) is 14.9 Å². The number of carbonyl (C=O) groups excluding carboxylic acids is 1. The van der Waals surface area contributed by atoms with Gasteiger partial charge in [-0.15, -0.1) is 0 Å². The van der Waals surface area contributed by atoms with E-state index in [1.165, 1.54) is 12.1 Å². The van der Waals surface area contributed by atoms with E-state index < -0.39 is 4.92 Å². The Kier molecular flexibility index (Phi) is 3.65. The van der Waals surface area contributed by atoms with Gasteiger partial charge in [-0.25, -0.2) is 0 Å². The number of para-hydroxylation sites is 1. The van der Waals surface area contributed by atoms with Crippen LogP contribution < -0.4 is 4.90 Å². The second-order valence-corrected chi connectivity index (χ2v) is 5.95. The first-order chi connectivity index (χ1) is 12.5. The molecule has 2 heterocycles. The zero-order chi connectivity index (χ0) is 18.3. The third-order valence-electron chi connectivity index (χ3n) is 4.35. The summed E-state index contributed by atoms with van der Waals surface area (Å²) in [5.74, 6) is 0.923. The fraction of sp³-hybridized carbons (Fsp3) is 0.0500. The van der Waals surface area contributed by atoms with Crippen LogP contribution in [0.15, 0.2) is 65.1 Å². The molecule has 1 aliphatic heterocycles. The molecule has 6 nitrogen and oxygen atoms in total. The van der Waals surface area contributed by atoms with Gasteiger partial charge in [0.05, 0.1) is 16.2 Å². The highest BCUT2D eigenvalue weighted by Gasteiger charge is 2.29. The molecule has 128 valence electrons. The molecule has 0 saturated heterocycles. The van der Waals surface area contributed by atoms with E-state index in [4.69, 9.17) is 4.42 Å². The van der Waals surface area contributed by atoms with Crippen molar-refractivity contribution in [2.45, 2.75) is 0 Å². The van der Waals surface area contributed by atoms with Crippen LogP contribution in [-0.2, 0) is 4.79 Å². The molecule has 3 aromatic rings. The van der Waals surface area contributed by atoms with Crippen molar-refractivity contribution >= 4 is 28.9 Å². The summed E-state index contributed by atoms with van der Waals surface area (Å²) >= 11 is 0. The van der Waals surface area contributed by atoms with Crippen LogP contribution in [0.25, 0.3) is 23.0 Å². The number of furan rings is 1. The number of hydrogen-bond acceptors (Lipinski definition) is 4. The van der Waals surface area contributed by atoms with Crippen molar-refractivity contribution in [3.05, 3.63) is 82.1 Å². The van der Waals surface area contributed by atoms with Crippen LogP contribution in [0.1, 0.15) is 11.3 Å². The van der Waals surface area contributed by atoms with Crippen molar-refractivity contribution in [2.24, 2.45) is 0 Å². The molecule has 0 aliphatic carbocycles. The summed E-state index contributed by atoms with van der Waals surface area (Å²) in [4.78, 5) is 24.6. The smallest absolute Gasteiger partial charge is 0.270 e. The quantitative estimate of drug-likeness (QED) is 0.401. The molecule has 2 aromatic carbocycles. The van der Waals surface area contributed by atoms with Gasteiger partial charge in [-0.3, -0.25) is 14.9 Å². The molecule has 0 saturated carbocycles. The lowest BCUT2D eigenvalue weighted by atomic mass is 10.1. The zero-order valence-corrected chi connectivity index (χ0v) is 13.9. The fourth-order valence-corrected chi connectivity index (χ4v) is 3.04. The van der Waals surface area contributed by atoms with E-state index >= 15 is 0 Å². The first-order valence-electron chi connectivity index (χ1n) is 7.98. The standard InChI is InChI=1S/C20H14N2O4/c1-21-18-8-3-2-7-16(18)17(20(21)23)12-15-9-10-19(26-15)13-5-4-6-14(11-13)22(24)25/h2-12H,1H3. The van der Waals surface area contributed by atoms with Crippen molar-refractivity contribution in [2.75, 3.05) is 11.9 Å². The van der Waals surface area contributed by atoms with Crippen LogP contribution in [-0.4, -0.2) is 17.9 Å². The highest BCUT2D eigenvalue weighted by atomic mass is 16.6. The second-order valence-electron chi connectivity index (χ2n) is 5.95. The van der Waals surface area contributed by atoms with Gasteiger partial charge >= 0.3 is 0 Å². The third kappa shape index (κ3) is 2.57. The van der Waals surface area contributed by atoms with Gasteiger partial charge in [-0.05, 0) is 24.3 Å². The van der Waals surface area contributed by atoms with E-state index in [2.05, 4.69) is 0 Å². The summed E-state index contributed by atoms with van der Waals surface area (Å²) in [6, 6.07) is 17.3. The predicted octanol–water partition coefficient (Wildman–Crippen LogP) is 4.37. The minimum Gasteiger partial charge on any atom is -0.457 e. The topological polar surface area (TPSA) is 76.6 Å². The van der Waals surface area contributed by atoms with E-state index in [0.29, 0.717) is 22.7 Å². The average molecular weight is 346 g/mol. The van der Waals surface area contributed by atoms with Gasteiger partial charge in [0.1, 0.15) is 11.5 Å². The number of fused-ring (bicyclic) bond motifs is 1. The first-order valence-corrected chi connectivity index (χ1v) is 7.98. The fourth-order valence-electron chi connectivity index (χ4n) is 3.04. The number of non-ortho nitro benzene ring substituents is 1. The Morgan fingerprint density at radius 2 is 1.88 bits per heavy atom. The number of nitro benzene ring substituents is 1. The van der Waals surface area contributed by atoms with Gasteiger partial charge in [0.2, 0.25) is 0 Å². The minimum atomic E-state index is -0.445. The Labute approximate surface area is 149 Å². The largest absolute Gasteiger partial charge is 0.457 e. The van der Waals surface area contributed by atoms with Crippen LogP contribution in [0, 0.1) is 10.1 Å². The Hall–Kier alpha value is -3.67. The van der Waals surface area contributed by atoms with Gasteiger partial charge in [-0.2, -0.15) is 0 Å². The maximum absolute atomic E-state index is 12.5. The molecule has 0 spiro atoms. The van der Waals surface area contributed by atoms with Crippen LogP contribution in [0.4, 0.5) is 11.4 Å². The summed E-state index contributed by atoms with van der Waals surface area (Å²) in [7, 11) is 1.73. The molecule has 1 amide bonds. The molecule has 0 unspecified atom stereocenters. The van der Waals surface area contributed by atoms with E-state index in [1.807, 2.05) is 24.3 Å². The van der Waals surface area contributed by atoms with Gasteiger partial charge in [0.15, 0.2) is 0 Å². The monoisotopic (exact) mass is 346 g/mol. The van der Waals surface area contributed by atoms with Crippen molar-refractivity contribution in [3.63, 3.8) is 0 Å². The van der Waals surface area contributed by atoms with Crippen LogP contribution in [0.3, 0.4) is 0 Å². The molecule has 1 aliphatic rings. The molecule has 0 radical (unpaired) electrons. The Balaban J connectivity index is 1.72. The number of nitro groups is 1. The number of rotatable bonds is 3. The summed E-state index contributed by atoms with van der Waals surface area (Å²) < 4.78 is 5.80. The number of hydrogen-bond donors (Lipinski definition) is 0. The molecule has 4 rings (SSSR count). The number of benzene rings is 2. The number of anilines is 1. The first kappa shape index (κ1) is 15.8. The molecule has 6 heteroatoms. The van der Waals surface area contributed by atoms with Crippen molar-refractivity contribution in [1.82, 2.24) is 0 Å². The molecule has 1 aromatic heterocycles. The molecule has 0 N–H and O–H groups in total. The van der Waals surface area contributed by atoms with Gasteiger partial charge < -0.3 is 9.32 Å². The highest BCUT2D eigenvalue weighted by molar-refractivity contribution is 6.35. The lowest BCUT2D eigenvalue weighted by molar-refractivity contribution is -0.384. The maximum atomic E-state index is 12.5. The summed E-state index contributed by atoms with van der Waals surface area (Å²) in [6.07, 6.45) is 1.70. The van der Waals surface area contributed by atoms with Gasteiger partial charge in [0.25, 0.3) is 11.6 Å². The van der Waals surface area contributed by atoms with E-state index in [1.54, 1.807) is 42.3 Å². The number of amides is 1. The molecule has 0 fully saturated rings. The maximum Gasteiger partial charge on any atom is 0.270 e. The van der Waals surface area contributed by atoms with Crippen molar-refractivity contribution in [1.29, 1.82) is 0 Å². The lowest BCUT2D eigenvalue weighted by Crippen LogP contribution is -2.20. The summed E-state index contributed by atoms with van der Waals surface area (Å²) in [6.45, 7) is 0. The summed E-state index contributed by atoms with van der Waals surface area (Å²) in [5, 5.41) is 10.9. The molecule has 0 bridgehead atoms. The third-order valence-corrected chi connectivity index (χ3v) is 4.35. The van der Waals surface area contributed by atoms with Crippen molar-refractivity contribution < 1.29 is 14.1 Å². The van der Waals surface area contributed by atoms with Crippen LogP contribution >= 0.6 is 0 Å². The normalized spacial score (nSPS) is 14.7. The van der Waals surface area contributed by atoms with Crippen LogP contribution in [0.5, 0.6) is 0 Å². The molecular formula is C20H14N2O4. The number of nitrogens with zero attached hydrogens (tertiary/aromatic N) is 2. The van der Waals surface area contributed by atoms with Gasteiger partial charge in [0, 0.05) is 30.3 Å². The zero-order valence-electron chi connectivity index (χ0n) is 13.9. The van der Waals surface area contributed by atoms with Crippen LogP contribution in [0.2, 0.25) is 0 Å². The molecule has 0 atom stereocenters. The van der Waals surface area contributed by atoms with Crippen molar-refractivity contribution in [3.8, 4) is 11.3 Å². The minimum absolute atomic E-state index is 0.000303. The number of likely N-dealkylation sites (N-methyl/N-ethyl adjacent to an activating group) is 1. The molecule has 26 heavy (non-hydrogen) atoms. The predicted molar refractivity (Wildman–Crippen MR) is 98.5 cm³/mol. The molecular weight excluding hydrogens is 332 g/mol. The Morgan fingerprint density at radius 1 is 1.08 bits per heavy atom. The lowest BCUT2D eigenvalue weighted by Gasteiger charge is -2.07. The number of carbonyl (C=O) groups is 1.